The van der Waals surface area contributed by atoms with Gasteiger partial charge in [0.15, 0.2) is 0 Å². The van der Waals surface area contributed by atoms with Gasteiger partial charge in [-0.15, -0.1) is 0 Å². The van der Waals surface area contributed by atoms with Gasteiger partial charge < -0.3 is 4.98 Å². The Morgan fingerprint density at radius 3 is 2.67 bits per heavy atom. The van der Waals surface area contributed by atoms with Crippen LogP contribution in [-0.4, -0.2) is 9.97 Å². The van der Waals surface area contributed by atoms with Crippen molar-refractivity contribution in [1.29, 1.82) is 5.26 Å². The Labute approximate surface area is 103 Å². The molecular weight excluding hydrogens is 229 g/mol. The van der Waals surface area contributed by atoms with Crippen molar-refractivity contribution in [2.75, 3.05) is 0 Å². The molecule has 3 aromatic rings. The van der Waals surface area contributed by atoms with Gasteiger partial charge in [0, 0.05) is 17.3 Å². The average molecular weight is 237 g/mol. The Kier molecular flexibility index (Phi) is 2.31. The van der Waals surface area contributed by atoms with Crippen molar-refractivity contribution in [1.82, 2.24) is 9.97 Å². The van der Waals surface area contributed by atoms with Gasteiger partial charge in [-0.1, -0.05) is 0 Å². The van der Waals surface area contributed by atoms with E-state index in [-0.39, 0.29) is 5.82 Å². The zero-order valence-electron chi connectivity index (χ0n) is 9.31. The number of benzene rings is 1. The highest BCUT2D eigenvalue weighted by Gasteiger charge is 2.05. The molecule has 0 atom stereocenters. The van der Waals surface area contributed by atoms with E-state index in [0.717, 1.165) is 16.6 Å². The predicted molar refractivity (Wildman–Crippen MR) is 66.2 cm³/mol. The normalized spacial score (nSPS) is 10.4. The van der Waals surface area contributed by atoms with Crippen molar-refractivity contribution < 1.29 is 4.39 Å². The van der Waals surface area contributed by atoms with E-state index in [0.29, 0.717) is 11.2 Å². The summed E-state index contributed by atoms with van der Waals surface area (Å²) >= 11 is 0. The molecule has 18 heavy (non-hydrogen) atoms. The van der Waals surface area contributed by atoms with Crippen LogP contribution in [0.5, 0.6) is 0 Å². The van der Waals surface area contributed by atoms with E-state index in [1.165, 1.54) is 18.3 Å². The summed E-state index contributed by atoms with van der Waals surface area (Å²) in [4.78, 5) is 7.30. The van der Waals surface area contributed by atoms with Gasteiger partial charge >= 0.3 is 0 Å². The zero-order chi connectivity index (χ0) is 12.5. The van der Waals surface area contributed by atoms with Crippen LogP contribution in [0.1, 0.15) is 5.56 Å². The van der Waals surface area contributed by atoms with E-state index in [1.807, 2.05) is 12.1 Å². The Balaban J connectivity index is 2.13. The summed E-state index contributed by atoms with van der Waals surface area (Å²) in [6, 6.07) is 11.9. The molecule has 0 radical (unpaired) electrons. The third-order valence-electron chi connectivity index (χ3n) is 2.75. The van der Waals surface area contributed by atoms with Crippen molar-refractivity contribution in [3.05, 3.63) is 54.0 Å². The standard InChI is InChI=1S/C14H8FN3/c15-12-3-1-10(2-4-12)13-6-11-5-9(7-16)8-17-14(11)18-13/h1-6,8H,(H,17,18). The Hall–Kier alpha value is -2.67. The molecule has 0 fully saturated rings. The summed E-state index contributed by atoms with van der Waals surface area (Å²) in [6.07, 6.45) is 1.52. The maximum Gasteiger partial charge on any atom is 0.137 e. The van der Waals surface area contributed by atoms with Crippen molar-refractivity contribution >= 4 is 11.0 Å². The van der Waals surface area contributed by atoms with Crippen molar-refractivity contribution in [3.63, 3.8) is 0 Å². The van der Waals surface area contributed by atoms with Gasteiger partial charge in [0.05, 0.1) is 5.56 Å². The number of nitrogens with one attached hydrogen (secondary N) is 1. The van der Waals surface area contributed by atoms with Gasteiger partial charge in [-0.25, -0.2) is 9.37 Å². The van der Waals surface area contributed by atoms with Crippen LogP contribution in [-0.2, 0) is 0 Å². The van der Waals surface area contributed by atoms with Gasteiger partial charge in [0.2, 0.25) is 0 Å². The van der Waals surface area contributed by atoms with Crippen LogP contribution >= 0.6 is 0 Å². The zero-order valence-corrected chi connectivity index (χ0v) is 9.31. The van der Waals surface area contributed by atoms with Crippen LogP contribution in [0.15, 0.2) is 42.6 Å². The quantitative estimate of drug-likeness (QED) is 0.706. The number of aromatic amines is 1. The molecule has 0 unspecified atom stereocenters. The van der Waals surface area contributed by atoms with Gasteiger partial charge in [-0.05, 0) is 42.0 Å². The molecule has 0 spiro atoms. The number of H-pyrrole nitrogens is 1. The van der Waals surface area contributed by atoms with E-state index in [9.17, 15) is 4.39 Å². The third-order valence-corrected chi connectivity index (χ3v) is 2.75. The van der Waals surface area contributed by atoms with Crippen LogP contribution in [0.2, 0.25) is 0 Å². The first kappa shape index (κ1) is 10.5. The fraction of sp³-hybridized carbons (Fsp3) is 0. The van der Waals surface area contributed by atoms with Gasteiger partial charge in [-0.2, -0.15) is 5.26 Å². The second-order valence-corrected chi connectivity index (χ2v) is 3.96. The molecule has 0 aliphatic rings. The Morgan fingerprint density at radius 2 is 1.94 bits per heavy atom. The molecule has 1 N–H and O–H groups in total. The van der Waals surface area contributed by atoms with Crippen LogP contribution in [0.3, 0.4) is 0 Å². The fourth-order valence-electron chi connectivity index (χ4n) is 1.86. The molecule has 2 heterocycles. The number of pyridine rings is 1. The minimum atomic E-state index is -0.264. The van der Waals surface area contributed by atoms with Crippen LogP contribution < -0.4 is 0 Å². The minimum Gasteiger partial charge on any atom is -0.339 e. The lowest BCUT2D eigenvalue weighted by molar-refractivity contribution is 0.628. The highest BCUT2D eigenvalue weighted by molar-refractivity contribution is 5.83. The molecule has 3 nitrogen and oxygen atoms in total. The van der Waals surface area contributed by atoms with Crippen molar-refractivity contribution in [3.8, 4) is 17.3 Å². The Bertz CT molecular complexity index is 751. The smallest absolute Gasteiger partial charge is 0.137 e. The lowest BCUT2D eigenvalue weighted by Crippen LogP contribution is -1.80. The minimum absolute atomic E-state index is 0.264. The van der Waals surface area contributed by atoms with Crippen molar-refractivity contribution in [2.24, 2.45) is 0 Å². The number of halogens is 1. The van der Waals surface area contributed by atoms with Gasteiger partial charge in [0.1, 0.15) is 17.5 Å². The second-order valence-electron chi connectivity index (χ2n) is 3.96. The van der Waals surface area contributed by atoms with E-state index < -0.39 is 0 Å². The molecule has 2 aromatic heterocycles. The maximum absolute atomic E-state index is 12.8. The van der Waals surface area contributed by atoms with Crippen LogP contribution in [0.4, 0.5) is 4.39 Å². The maximum atomic E-state index is 12.8. The molecule has 0 saturated heterocycles. The molecule has 4 heteroatoms. The number of fused-ring (bicyclic) bond motifs is 1. The molecule has 0 bridgehead atoms. The lowest BCUT2D eigenvalue weighted by Gasteiger charge is -1.96. The van der Waals surface area contributed by atoms with Crippen LogP contribution in [0.25, 0.3) is 22.3 Å². The second kappa shape index (κ2) is 3.97. The largest absolute Gasteiger partial charge is 0.339 e. The number of nitrogens with zero attached hydrogens (tertiary/aromatic N) is 2. The van der Waals surface area contributed by atoms with Crippen molar-refractivity contribution in [2.45, 2.75) is 0 Å². The molecule has 3 rings (SSSR count). The molecule has 0 aliphatic carbocycles. The SMILES string of the molecule is N#Cc1cnc2[nH]c(-c3ccc(F)cc3)cc2c1. The first-order valence-corrected chi connectivity index (χ1v) is 5.41. The monoisotopic (exact) mass is 237 g/mol. The van der Waals surface area contributed by atoms with Crippen LogP contribution in [0, 0.1) is 17.1 Å². The lowest BCUT2D eigenvalue weighted by atomic mass is 10.1. The molecule has 0 saturated carbocycles. The molecular formula is C14H8FN3. The topological polar surface area (TPSA) is 52.5 Å². The third kappa shape index (κ3) is 1.72. The number of hydrogen-bond donors (Lipinski definition) is 1. The number of nitriles is 1. The van der Waals surface area contributed by atoms with E-state index >= 15 is 0 Å². The van der Waals surface area contributed by atoms with E-state index in [4.69, 9.17) is 5.26 Å². The highest BCUT2D eigenvalue weighted by atomic mass is 19.1. The van der Waals surface area contributed by atoms with E-state index in [1.54, 1.807) is 18.2 Å². The highest BCUT2D eigenvalue weighted by Crippen LogP contribution is 2.23. The first-order valence-electron chi connectivity index (χ1n) is 5.41. The van der Waals surface area contributed by atoms with Gasteiger partial charge in [-0.3, -0.25) is 0 Å². The summed E-state index contributed by atoms with van der Waals surface area (Å²) in [7, 11) is 0. The average Bonchev–Trinajstić information content (AvgIpc) is 2.82. The summed E-state index contributed by atoms with van der Waals surface area (Å²) in [5, 5.41) is 9.68. The molecule has 0 aliphatic heterocycles. The Morgan fingerprint density at radius 1 is 1.17 bits per heavy atom. The molecule has 0 amide bonds. The summed E-state index contributed by atoms with van der Waals surface area (Å²) in [5.74, 6) is -0.264. The summed E-state index contributed by atoms with van der Waals surface area (Å²) < 4.78 is 12.8. The molecule has 86 valence electrons. The van der Waals surface area contributed by atoms with E-state index in [2.05, 4.69) is 9.97 Å². The summed E-state index contributed by atoms with van der Waals surface area (Å²) in [5.41, 5.74) is 2.97. The van der Waals surface area contributed by atoms with Gasteiger partial charge in [0.25, 0.3) is 0 Å². The summed E-state index contributed by atoms with van der Waals surface area (Å²) in [6.45, 7) is 0. The number of rotatable bonds is 1. The molecule has 1 aromatic carbocycles. The predicted octanol–water partition coefficient (Wildman–Crippen LogP) is 3.24. The first-order chi connectivity index (χ1) is 8.76. The number of hydrogen-bond acceptors (Lipinski definition) is 2. The number of aromatic nitrogens is 2. The fourth-order valence-corrected chi connectivity index (χ4v) is 1.86.